The first-order valence-corrected chi connectivity index (χ1v) is 11.1. The van der Waals surface area contributed by atoms with E-state index >= 15 is 0 Å². The van der Waals surface area contributed by atoms with Crippen LogP contribution >= 0.6 is 0 Å². The number of aromatic nitrogens is 1. The number of aliphatic hydroxyl groups is 1. The van der Waals surface area contributed by atoms with Gasteiger partial charge in [0.2, 0.25) is 0 Å². The fourth-order valence-corrected chi connectivity index (χ4v) is 3.53. The minimum atomic E-state index is -1.02. The molecule has 0 aliphatic rings. The summed E-state index contributed by atoms with van der Waals surface area (Å²) < 4.78 is 26.6. The monoisotopic (exact) mass is 478 g/mol. The normalized spacial score (nSPS) is 11.7. The number of hydrogen-bond acceptors (Lipinski definition) is 6. The second-order valence-electron chi connectivity index (χ2n) is 8.57. The van der Waals surface area contributed by atoms with E-state index in [-0.39, 0.29) is 41.7 Å². The van der Waals surface area contributed by atoms with Gasteiger partial charge in [0, 0.05) is 17.8 Å². The molecule has 35 heavy (non-hydrogen) atoms. The highest BCUT2D eigenvalue weighted by atomic mass is 19.1. The molecule has 0 saturated heterocycles. The molecule has 0 radical (unpaired) electrons. The Labute approximate surface area is 203 Å². The van der Waals surface area contributed by atoms with Crippen LogP contribution in [0.2, 0.25) is 0 Å². The van der Waals surface area contributed by atoms with E-state index in [4.69, 9.17) is 9.47 Å². The molecule has 8 heteroatoms. The predicted octanol–water partition coefficient (Wildman–Crippen LogP) is 4.11. The van der Waals surface area contributed by atoms with Gasteiger partial charge in [0.05, 0.1) is 5.56 Å². The number of halogens is 1. The summed E-state index contributed by atoms with van der Waals surface area (Å²) in [5.41, 5.74) is 1.28. The predicted molar refractivity (Wildman–Crippen MR) is 129 cm³/mol. The Hall–Kier alpha value is -3.96. The zero-order chi connectivity index (χ0) is 25.7. The molecular formula is C27H27FN2O5. The van der Waals surface area contributed by atoms with Gasteiger partial charge in [0.25, 0.3) is 5.56 Å². The molecule has 0 aliphatic carbocycles. The lowest BCUT2D eigenvalue weighted by molar-refractivity contribution is 0.0618. The third-order valence-corrected chi connectivity index (χ3v) is 5.36. The van der Waals surface area contributed by atoms with Gasteiger partial charge in [-0.2, -0.15) is 5.26 Å². The minimum absolute atomic E-state index is 0.0424. The fraction of sp³-hybridized carbons (Fsp3) is 0.296. The number of aryl methyl sites for hydroxylation is 2. The number of benzene rings is 2. The Morgan fingerprint density at radius 3 is 2.37 bits per heavy atom. The summed E-state index contributed by atoms with van der Waals surface area (Å²) in [6, 6.07) is 11.8. The molecule has 0 amide bonds. The molecule has 1 atom stereocenters. The van der Waals surface area contributed by atoms with Gasteiger partial charge in [0.1, 0.15) is 48.3 Å². The third kappa shape index (κ3) is 6.14. The summed E-state index contributed by atoms with van der Waals surface area (Å²) in [6.07, 6.45) is 0.328. The second-order valence-corrected chi connectivity index (χ2v) is 8.57. The van der Waals surface area contributed by atoms with Crippen molar-refractivity contribution in [2.75, 3.05) is 13.2 Å². The smallest absolute Gasteiger partial charge is 0.268 e. The second kappa shape index (κ2) is 11.0. The fourth-order valence-electron chi connectivity index (χ4n) is 3.53. The highest BCUT2D eigenvalue weighted by Gasteiger charge is 2.20. The van der Waals surface area contributed by atoms with Gasteiger partial charge in [0.15, 0.2) is 5.78 Å². The molecule has 0 bridgehead atoms. The molecule has 1 N–H and O–H groups in total. The maximum atomic E-state index is 14.0. The summed E-state index contributed by atoms with van der Waals surface area (Å²) in [5.74, 6) is -0.577. The van der Waals surface area contributed by atoms with Crippen LogP contribution < -0.4 is 15.0 Å². The quantitative estimate of drug-likeness (QED) is 0.465. The van der Waals surface area contributed by atoms with Crippen LogP contribution in [0.3, 0.4) is 0 Å². The van der Waals surface area contributed by atoms with Crippen molar-refractivity contribution in [1.29, 1.82) is 5.26 Å². The van der Waals surface area contributed by atoms with E-state index < -0.39 is 23.3 Å². The van der Waals surface area contributed by atoms with Gasteiger partial charge in [-0.05, 0) is 63.6 Å². The average molecular weight is 479 g/mol. The zero-order valence-corrected chi connectivity index (χ0v) is 20.0. The molecule has 7 nitrogen and oxygen atoms in total. The van der Waals surface area contributed by atoms with Gasteiger partial charge >= 0.3 is 0 Å². The lowest BCUT2D eigenvalue weighted by atomic mass is 10.0. The van der Waals surface area contributed by atoms with Crippen LogP contribution in [0, 0.1) is 31.0 Å². The number of carbonyl (C=O) groups is 1. The molecule has 1 heterocycles. The molecule has 0 aliphatic heterocycles. The molecule has 3 rings (SSSR count). The van der Waals surface area contributed by atoms with Crippen molar-refractivity contribution in [3.8, 4) is 17.6 Å². The van der Waals surface area contributed by atoms with E-state index in [0.717, 1.165) is 23.3 Å². The number of pyridine rings is 1. The van der Waals surface area contributed by atoms with Gasteiger partial charge in [-0.3, -0.25) is 9.59 Å². The van der Waals surface area contributed by atoms with Crippen LogP contribution in [0.4, 0.5) is 4.39 Å². The van der Waals surface area contributed by atoms with E-state index in [2.05, 4.69) is 0 Å². The minimum Gasteiger partial charge on any atom is -0.490 e. The molecule has 3 aromatic rings. The molecule has 182 valence electrons. The van der Waals surface area contributed by atoms with Crippen molar-refractivity contribution < 1.29 is 23.8 Å². The van der Waals surface area contributed by atoms with Crippen LogP contribution in [-0.4, -0.2) is 34.8 Å². The highest BCUT2D eigenvalue weighted by Crippen LogP contribution is 2.24. The van der Waals surface area contributed by atoms with Crippen LogP contribution in [0.25, 0.3) is 0 Å². The number of nitrogens with zero attached hydrogens (tertiary/aromatic N) is 2. The Bertz CT molecular complexity index is 1340. The van der Waals surface area contributed by atoms with E-state index in [1.165, 1.54) is 22.9 Å². The Morgan fingerprint density at radius 2 is 1.74 bits per heavy atom. The van der Waals surface area contributed by atoms with E-state index in [1.54, 1.807) is 19.9 Å². The Kier molecular flexibility index (Phi) is 8.05. The number of rotatable bonds is 9. The first kappa shape index (κ1) is 25.7. The molecule has 2 aromatic carbocycles. The van der Waals surface area contributed by atoms with Crippen molar-refractivity contribution in [2.45, 2.75) is 39.8 Å². The number of aliphatic hydroxyl groups excluding tert-OH is 1. The number of ether oxygens (including phenoxy) is 2. The van der Waals surface area contributed by atoms with Gasteiger partial charge in [-0.1, -0.05) is 17.7 Å². The standard InChI is InChI=1S/C27H27FN2O5/c1-16(2)30-13-20(10-19(12-29)27(30)33)26(32)23-11-21(28)6-8-25(23)35-15-22(31)14-34-24-7-5-17(3)9-18(24)4/h5-11,13,16,22,31H,14-15H2,1-4H3. The van der Waals surface area contributed by atoms with Crippen LogP contribution in [0.1, 0.15) is 52.5 Å². The molecule has 0 spiro atoms. The summed E-state index contributed by atoms with van der Waals surface area (Å²) in [4.78, 5) is 25.6. The van der Waals surface area contributed by atoms with E-state index in [9.17, 15) is 24.3 Å². The molecule has 1 aromatic heterocycles. The lowest BCUT2D eigenvalue weighted by Gasteiger charge is -2.17. The summed E-state index contributed by atoms with van der Waals surface area (Å²) in [5, 5.41) is 19.6. The largest absolute Gasteiger partial charge is 0.490 e. The molecular weight excluding hydrogens is 451 g/mol. The van der Waals surface area contributed by atoms with Crippen LogP contribution in [0.15, 0.2) is 53.5 Å². The SMILES string of the molecule is Cc1ccc(OCC(O)COc2ccc(F)cc2C(=O)c2cc(C#N)c(=O)n(C(C)C)c2)c(C)c1. The van der Waals surface area contributed by atoms with Crippen molar-refractivity contribution in [3.63, 3.8) is 0 Å². The zero-order valence-electron chi connectivity index (χ0n) is 20.0. The first-order valence-electron chi connectivity index (χ1n) is 11.1. The van der Waals surface area contributed by atoms with Crippen molar-refractivity contribution >= 4 is 5.78 Å². The molecule has 0 saturated carbocycles. The van der Waals surface area contributed by atoms with E-state index in [1.807, 2.05) is 32.0 Å². The average Bonchev–Trinajstić information content (AvgIpc) is 2.82. The van der Waals surface area contributed by atoms with Gasteiger partial charge in [-0.15, -0.1) is 0 Å². The topological polar surface area (TPSA) is 102 Å². The number of nitriles is 1. The summed E-state index contributed by atoms with van der Waals surface area (Å²) >= 11 is 0. The van der Waals surface area contributed by atoms with E-state index in [0.29, 0.717) is 5.75 Å². The Morgan fingerprint density at radius 1 is 1.09 bits per heavy atom. The highest BCUT2D eigenvalue weighted by molar-refractivity contribution is 6.10. The van der Waals surface area contributed by atoms with Crippen molar-refractivity contribution in [3.05, 3.63) is 92.6 Å². The molecule has 0 fully saturated rings. The van der Waals surface area contributed by atoms with Gasteiger partial charge < -0.3 is 19.1 Å². The number of ketones is 1. The number of carbonyl (C=O) groups excluding carboxylic acids is 1. The Balaban J connectivity index is 1.79. The summed E-state index contributed by atoms with van der Waals surface area (Å²) in [7, 11) is 0. The van der Waals surface area contributed by atoms with Crippen LogP contribution in [-0.2, 0) is 0 Å². The molecule has 1 unspecified atom stereocenters. The maximum absolute atomic E-state index is 14.0. The lowest BCUT2D eigenvalue weighted by Crippen LogP contribution is -2.26. The van der Waals surface area contributed by atoms with Gasteiger partial charge in [-0.25, -0.2) is 4.39 Å². The number of hydrogen-bond donors (Lipinski definition) is 1. The van der Waals surface area contributed by atoms with Crippen LogP contribution in [0.5, 0.6) is 11.5 Å². The summed E-state index contributed by atoms with van der Waals surface area (Å²) in [6.45, 7) is 7.12. The maximum Gasteiger partial charge on any atom is 0.268 e. The van der Waals surface area contributed by atoms with Crippen molar-refractivity contribution in [1.82, 2.24) is 4.57 Å². The van der Waals surface area contributed by atoms with Crippen molar-refractivity contribution in [2.24, 2.45) is 0 Å². The first-order chi connectivity index (χ1) is 16.6. The third-order valence-electron chi connectivity index (χ3n) is 5.36.